The molecule has 142 valence electrons. The fourth-order valence-corrected chi connectivity index (χ4v) is 3.51. The molecule has 1 saturated heterocycles. The highest BCUT2D eigenvalue weighted by atomic mass is 16.2. The fraction of sp³-hybridized carbons (Fsp3) is 0.227. The Bertz CT molecular complexity index is 1010. The van der Waals surface area contributed by atoms with E-state index in [0.29, 0.717) is 18.7 Å². The number of hydrogen-bond donors (Lipinski definition) is 1. The molecule has 0 aliphatic carbocycles. The van der Waals surface area contributed by atoms with Crippen molar-refractivity contribution in [2.75, 3.05) is 19.6 Å². The molecule has 0 saturated carbocycles. The zero-order valence-electron chi connectivity index (χ0n) is 15.8. The molecule has 3 aromatic rings. The minimum Gasteiger partial charge on any atom is -0.354 e. The van der Waals surface area contributed by atoms with Gasteiger partial charge in [-0.2, -0.15) is 0 Å². The lowest BCUT2D eigenvalue weighted by Gasteiger charge is -2.19. The van der Waals surface area contributed by atoms with E-state index in [1.54, 1.807) is 11.0 Å². The highest BCUT2D eigenvalue weighted by Crippen LogP contribution is 2.26. The van der Waals surface area contributed by atoms with Crippen molar-refractivity contribution in [3.8, 4) is 22.6 Å². The van der Waals surface area contributed by atoms with Crippen molar-refractivity contribution in [3.63, 3.8) is 0 Å². The van der Waals surface area contributed by atoms with Gasteiger partial charge in [0.2, 0.25) is 5.91 Å². The summed E-state index contributed by atoms with van der Waals surface area (Å²) < 4.78 is 2.03. The van der Waals surface area contributed by atoms with Gasteiger partial charge < -0.3 is 14.8 Å². The van der Waals surface area contributed by atoms with Crippen LogP contribution in [0.4, 0.5) is 0 Å². The van der Waals surface area contributed by atoms with E-state index < -0.39 is 0 Å². The van der Waals surface area contributed by atoms with Crippen LogP contribution in [0.2, 0.25) is 0 Å². The van der Waals surface area contributed by atoms with Crippen LogP contribution in [0.5, 0.6) is 0 Å². The van der Waals surface area contributed by atoms with E-state index in [2.05, 4.69) is 10.3 Å². The third-order valence-electron chi connectivity index (χ3n) is 4.97. The fourth-order valence-electron chi connectivity index (χ4n) is 3.51. The molecule has 2 heterocycles. The van der Waals surface area contributed by atoms with Crippen molar-refractivity contribution in [3.05, 3.63) is 66.4 Å². The van der Waals surface area contributed by atoms with Crippen LogP contribution in [0.3, 0.4) is 0 Å². The van der Waals surface area contributed by atoms with E-state index in [-0.39, 0.29) is 18.4 Å². The first-order valence-electron chi connectivity index (χ1n) is 9.37. The van der Waals surface area contributed by atoms with E-state index in [0.717, 1.165) is 29.1 Å². The second kappa shape index (κ2) is 7.68. The molecule has 4 rings (SSSR count). The number of carbonyl (C=O) groups excluding carboxylic acids is 2. The van der Waals surface area contributed by atoms with Crippen molar-refractivity contribution in [1.82, 2.24) is 19.8 Å². The molecule has 1 fully saturated rings. The monoisotopic (exact) mass is 374 g/mol. The third kappa shape index (κ3) is 3.53. The van der Waals surface area contributed by atoms with Gasteiger partial charge >= 0.3 is 0 Å². The Morgan fingerprint density at radius 3 is 2.68 bits per heavy atom. The van der Waals surface area contributed by atoms with Crippen LogP contribution in [0, 0.1) is 0 Å². The van der Waals surface area contributed by atoms with Crippen LogP contribution < -0.4 is 5.32 Å². The van der Waals surface area contributed by atoms with Gasteiger partial charge in [0.05, 0.1) is 18.4 Å². The number of benzene rings is 2. The molecule has 1 aromatic heterocycles. The van der Waals surface area contributed by atoms with Crippen LogP contribution in [0.1, 0.15) is 16.8 Å². The van der Waals surface area contributed by atoms with Gasteiger partial charge in [-0.3, -0.25) is 9.59 Å². The van der Waals surface area contributed by atoms with Gasteiger partial charge in [-0.05, 0) is 18.6 Å². The molecule has 6 heteroatoms. The van der Waals surface area contributed by atoms with Crippen molar-refractivity contribution in [1.29, 1.82) is 0 Å². The topological polar surface area (TPSA) is 67.2 Å². The number of carbonyl (C=O) groups is 2. The van der Waals surface area contributed by atoms with Gasteiger partial charge in [-0.15, -0.1) is 0 Å². The summed E-state index contributed by atoms with van der Waals surface area (Å²) in [4.78, 5) is 30.9. The highest BCUT2D eigenvalue weighted by molar-refractivity contribution is 5.97. The average molecular weight is 374 g/mol. The predicted octanol–water partition coefficient (Wildman–Crippen LogP) is 2.72. The molecular weight excluding hydrogens is 352 g/mol. The smallest absolute Gasteiger partial charge is 0.254 e. The molecule has 1 aliphatic heterocycles. The quantitative estimate of drug-likeness (QED) is 0.767. The van der Waals surface area contributed by atoms with Gasteiger partial charge in [-0.25, -0.2) is 4.98 Å². The van der Waals surface area contributed by atoms with Crippen LogP contribution in [0.15, 0.2) is 60.8 Å². The number of nitrogens with one attached hydrogen (secondary N) is 1. The van der Waals surface area contributed by atoms with E-state index in [1.165, 1.54) is 0 Å². The third-order valence-corrected chi connectivity index (χ3v) is 4.97. The first-order valence-corrected chi connectivity index (χ1v) is 9.37. The Kier molecular flexibility index (Phi) is 4.93. The first-order chi connectivity index (χ1) is 13.6. The zero-order chi connectivity index (χ0) is 19.5. The molecule has 28 heavy (non-hydrogen) atoms. The molecule has 0 radical (unpaired) electrons. The predicted molar refractivity (Wildman–Crippen MR) is 108 cm³/mol. The summed E-state index contributed by atoms with van der Waals surface area (Å²) in [5, 5.41) is 2.80. The van der Waals surface area contributed by atoms with E-state index in [9.17, 15) is 9.59 Å². The Labute approximate surface area is 163 Å². The molecule has 1 N–H and O–H groups in total. The van der Waals surface area contributed by atoms with Gasteiger partial charge in [0.15, 0.2) is 0 Å². The van der Waals surface area contributed by atoms with Crippen molar-refractivity contribution < 1.29 is 9.59 Å². The number of hydrogen-bond acceptors (Lipinski definition) is 3. The summed E-state index contributed by atoms with van der Waals surface area (Å²) >= 11 is 0. The number of aromatic nitrogens is 2. The summed E-state index contributed by atoms with van der Waals surface area (Å²) in [6, 6.07) is 17.5. The maximum atomic E-state index is 12.9. The van der Waals surface area contributed by atoms with E-state index in [4.69, 9.17) is 0 Å². The summed E-state index contributed by atoms with van der Waals surface area (Å²) in [5.41, 5.74) is 3.47. The summed E-state index contributed by atoms with van der Waals surface area (Å²) in [6.45, 7) is 1.29. The summed E-state index contributed by atoms with van der Waals surface area (Å²) in [6.07, 6.45) is 2.59. The van der Waals surface area contributed by atoms with Crippen LogP contribution in [-0.4, -0.2) is 45.9 Å². The zero-order valence-corrected chi connectivity index (χ0v) is 15.8. The second-order valence-electron chi connectivity index (χ2n) is 6.90. The maximum absolute atomic E-state index is 12.9. The molecule has 0 atom stereocenters. The number of rotatable bonds is 3. The van der Waals surface area contributed by atoms with Gasteiger partial charge in [-0.1, -0.05) is 42.5 Å². The van der Waals surface area contributed by atoms with Gasteiger partial charge in [0, 0.05) is 36.8 Å². The Balaban J connectivity index is 1.63. The van der Waals surface area contributed by atoms with E-state index >= 15 is 0 Å². The second-order valence-corrected chi connectivity index (χ2v) is 6.90. The summed E-state index contributed by atoms with van der Waals surface area (Å²) in [5.74, 6) is 0.641. The molecule has 6 nitrogen and oxygen atoms in total. The molecule has 2 amide bonds. The molecule has 1 aliphatic rings. The lowest BCUT2D eigenvalue weighted by atomic mass is 10.1. The maximum Gasteiger partial charge on any atom is 0.254 e. The Hall–Kier alpha value is -3.41. The van der Waals surface area contributed by atoms with Crippen LogP contribution in [0.25, 0.3) is 22.6 Å². The lowest BCUT2D eigenvalue weighted by molar-refractivity contribution is -0.121. The largest absolute Gasteiger partial charge is 0.354 e. The number of imidazole rings is 1. The summed E-state index contributed by atoms with van der Waals surface area (Å²) in [7, 11) is 1.97. The van der Waals surface area contributed by atoms with Gasteiger partial charge in [0.25, 0.3) is 5.91 Å². The lowest BCUT2D eigenvalue weighted by Crippen LogP contribution is -2.37. The molecule has 2 aromatic carbocycles. The minimum atomic E-state index is -0.121. The normalized spacial score (nSPS) is 14.5. The number of nitrogens with zero attached hydrogens (tertiary/aromatic N) is 3. The Morgan fingerprint density at radius 2 is 1.86 bits per heavy atom. The van der Waals surface area contributed by atoms with E-state index in [1.807, 2.05) is 66.3 Å². The van der Waals surface area contributed by atoms with Crippen LogP contribution in [-0.2, 0) is 11.8 Å². The standard InChI is InChI=1S/C22H22N4O2/c1-25-19(14-24-21(25)16-7-3-2-4-8-16)17-9-5-10-18(13-17)22(28)26-12-6-11-23-20(27)15-26/h2-5,7-10,13-14H,6,11-12,15H2,1H3,(H,23,27). The molecule has 0 unspecified atom stereocenters. The molecule has 0 bridgehead atoms. The van der Waals surface area contributed by atoms with Crippen molar-refractivity contribution >= 4 is 11.8 Å². The molecular formula is C22H22N4O2. The van der Waals surface area contributed by atoms with Gasteiger partial charge in [0.1, 0.15) is 5.82 Å². The van der Waals surface area contributed by atoms with Crippen molar-refractivity contribution in [2.24, 2.45) is 7.05 Å². The Morgan fingerprint density at radius 1 is 1.07 bits per heavy atom. The SMILES string of the molecule is Cn1c(-c2cccc(C(=O)N3CCCNC(=O)C3)c2)cnc1-c1ccccc1. The highest BCUT2D eigenvalue weighted by Gasteiger charge is 2.21. The number of amides is 2. The van der Waals surface area contributed by atoms with Crippen molar-refractivity contribution in [2.45, 2.75) is 6.42 Å². The molecule has 0 spiro atoms. The van der Waals surface area contributed by atoms with Crippen LogP contribution >= 0.6 is 0 Å². The average Bonchev–Trinajstić information content (AvgIpc) is 2.97. The minimum absolute atomic E-state index is 0.104. The first kappa shape index (κ1) is 18.0.